The summed E-state index contributed by atoms with van der Waals surface area (Å²) >= 11 is 3.59. The van der Waals surface area contributed by atoms with E-state index in [9.17, 15) is 0 Å². The Morgan fingerprint density at radius 3 is 2.43 bits per heavy atom. The Labute approximate surface area is 146 Å². The van der Waals surface area contributed by atoms with Crippen molar-refractivity contribution in [2.75, 3.05) is 7.11 Å². The van der Waals surface area contributed by atoms with Crippen LogP contribution in [0.4, 0.5) is 0 Å². The van der Waals surface area contributed by atoms with Crippen LogP contribution in [-0.4, -0.2) is 24.8 Å². The zero-order chi connectivity index (χ0) is 16.6. The third-order valence-electron chi connectivity index (χ3n) is 5.17. The fourth-order valence-electron chi connectivity index (χ4n) is 3.82. The summed E-state index contributed by atoms with van der Waals surface area (Å²) in [6.07, 6.45) is 4.58. The number of halogens is 1. The first-order chi connectivity index (χ1) is 11.0. The van der Waals surface area contributed by atoms with Crippen LogP contribution in [0, 0.1) is 12.8 Å². The number of nitrogens with zero attached hydrogens (tertiary/aromatic N) is 2. The molecule has 5 heteroatoms. The van der Waals surface area contributed by atoms with Crippen molar-refractivity contribution in [3.63, 3.8) is 0 Å². The molecule has 0 bridgehead atoms. The Morgan fingerprint density at radius 1 is 1.17 bits per heavy atom. The van der Waals surface area contributed by atoms with Crippen LogP contribution in [0.5, 0.6) is 0 Å². The number of methoxy groups -OCH3 is 1. The van der Waals surface area contributed by atoms with Gasteiger partial charge in [0.25, 0.3) is 0 Å². The highest BCUT2D eigenvalue weighted by Gasteiger charge is 2.45. The van der Waals surface area contributed by atoms with Crippen LogP contribution in [0.2, 0.25) is 0 Å². The number of hydrogen-bond donors (Lipinski definition) is 1. The lowest BCUT2D eigenvalue weighted by Crippen LogP contribution is -2.36. The molecule has 1 saturated carbocycles. The van der Waals surface area contributed by atoms with E-state index in [2.05, 4.69) is 41.1 Å². The molecule has 1 aliphatic heterocycles. The lowest BCUT2D eigenvalue weighted by molar-refractivity contribution is 0.0426. The van der Waals surface area contributed by atoms with Gasteiger partial charge in [-0.3, -0.25) is 4.99 Å². The van der Waals surface area contributed by atoms with Crippen molar-refractivity contribution in [1.82, 2.24) is 0 Å². The van der Waals surface area contributed by atoms with Crippen LogP contribution < -0.4 is 5.73 Å². The molecule has 23 heavy (non-hydrogen) atoms. The maximum atomic E-state index is 6.12. The predicted molar refractivity (Wildman–Crippen MR) is 98.0 cm³/mol. The summed E-state index contributed by atoms with van der Waals surface area (Å²) in [6, 6.07) is 6.33. The van der Waals surface area contributed by atoms with Crippen LogP contribution in [0.1, 0.15) is 43.7 Å². The quantitative estimate of drug-likeness (QED) is 0.866. The van der Waals surface area contributed by atoms with Crippen LogP contribution >= 0.6 is 15.9 Å². The molecule has 1 fully saturated rings. The third-order valence-corrected chi connectivity index (χ3v) is 5.67. The molecule has 0 saturated heterocycles. The van der Waals surface area contributed by atoms with Crippen LogP contribution in [0.25, 0.3) is 0 Å². The summed E-state index contributed by atoms with van der Waals surface area (Å²) in [5.41, 5.74) is 8.76. The Balaban J connectivity index is 2.05. The molecule has 1 atom stereocenters. The normalized spacial score (nSPS) is 31.0. The molecular formula is C18H24BrN3O. The highest BCUT2D eigenvalue weighted by atomic mass is 79.9. The summed E-state index contributed by atoms with van der Waals surface area (Å²) in [5, 5.41) is 0. The summed E-state index contributed by atoms with van der Waals surface area (Å²) < 4.78 is 6.57. The number of aryl methyl sites for hydroxylation is 1. The van der Waals surface area contributed by atoms with Gasteiger partial charge in [-0.2, -0.15) is 0 Å². The van der Waals surface area contributed by atoms with E-state index in [1.54, 1.807) is 7.11 Å². The highest BCUT2D eigenvalue weighted by molar-refractivity contribution is 9.10. The number of hydrogen-bond acceptors (Lipinski definition) is 4. The van der Waals surface area contributed by atoms with Gasteiger partial charge in [-0.15, -0.1) is 0 Å². The SMILES string of the molecule is COC1CCC(C2(c3cc(Br)ccc3C)N=C(C)C(N)=N2)CC1. The van der Waals surface area contributed by atoms with E-state index < -0.39 is 5.66 Å². The van der Waals surface area contributed by atoms with Crippen molar-refractivity contribution < 1.29 is 4.74 Å². The summed E-state index contributed by atoms with van der Waals surface area (Å²) in [6.45, 7) is 4.08. The van der Waals surface area contributed by atoms with Crippen molar-refractivity contribution in [3.05, 3.63) is 33.8 Å². The molecule has 2 aliphatic rings. The van der Waals surface area contributed by atoms with Crippen LogP contribution in [0.3, 0.4) is 0 Å². The van der Waals surface area contributed by atoms with Gasteiger partial charge in [0.1, 0.15) is 5.84 Å². The van der Waals surface area contributed by atoms with Gasteiger partial charge < -0.3 is 10.5 Å². The highest BCUT2D eigenvalue weighted by Crippen LogP contribution is 2.47. The van der Waals surface area contributed by atoms with E-state index in [-0.39, 0.29) is 0 Å². The third kappa shape index (κ3) is 2.96. The molecule has 4 nitrogen and oxygen atoms in total. The van der Waals surface area contributed by atoms with E-state index in [0.717, 1.165) is 41.4 Å². The zero-order valence-corrected chi connectivity index (χ0v) is 15.6. The number of amidine groups is 1. The molecule has 0 radical (unpaired) electrons. The van der Waals surface area contributed by atoms with Crippen LogP contribution in [0.15, 0.2) is 32.7 Å². The molecule has 1 aromatic carbocycles. The van der Waals surface area contributed by atoms with E-state index in [1.807, 2.05) is 6.92 Å². The Hall–Kier alpha value is -1.20. The number of nitrogens with two attached hydrogens (primary N) is 1. The minimum absolute atomic E-state index is 0.359. The minimum Gasteiger partial charge on any atom is -0.382 e. The maximum absolute atomic E-state index is 6.12. The molecular weight excluding hydrogens is 354 g/mol. The van der Waals surface area contributed by atoms with E-state index in [4.69, 9.17) is 20.5 Å². The topological polar surface area (TPSA) is 60.0 Å². The number of benzene rings is 1. The number of aliphatic imine (C=N–C) groups is 2. The van der Waals surface area contributed by atoms with Crippen molar-refractivity contribution in [3.8, 4) is 0 Å². The average molecular weight is 378 g/mol. The second-order valence-electron chi connectivity index (χ2n) is 6.59. The van der Waals surface area contributed by atoms with Crippen molar-refractivity contribution in [1.29, 1.82) is 0 Å². The summed E-state index contributed by atoms with van der Waals surface area (Å²) in [4.78, 5) is 9.85. The summed E-state index contributed by atoms with van der Waals surface area (Å²) in [5.74, 6) is 0.927. The minimum atomic E-state index is -0.569. The fourth-order valence-corrected chi connectivity index (χ4v) is 4.18. The Morgan fingerprint density at radius 2 is 1.87 bits per heavy atom. The monoisotopic (exact) mass is 377 g/mol. The van der Waals surface area contributed by atoms with E-state index >= 15 is 0 Å². The van der Waals surface area contributed by atoms with Gasteiger partial charge in [0.15, 0.2) is 5.66 Å². The molecule has 3 rings (SSSR count). The smallest absolute Gasteiger partial charge is 0.181 e. The molecule has 124 valence electrons. The lowest BCUT2D eigenvalue weighted by atomic mass is 9.75. The molecule has 1 aliphatic carbocycles. The van der Waals surface area contributed by atoms with Crippen LogP contribution in [-0.2, 0) is 10.4 Å². The first-order valence-electron chi connectivity index (χ1n) is 8.18. The molecule has 1 aromatic rings. The summed E-state index contributed by atoms with van der Waals surface area (Å²) in [7, 11) is 1.80. The molecule has 0 amide bonds. The molecule has 2 N–H and O–H groups in total. The van der Waals surface area contributed by atoms with Crippen molar-refractivity contribution in [2.24, 2.45) is 21.6 Å². The zero-order valence-electron chi connectivity index (χ0n) is 14.0. The van der Waals surface area contributed by atoms with Gasteiger partial charge in [-0.25, -0.2) is 4.99 Å². The van der Waals surface area contributed by atoms with Gasteiger partial charge in [0.2, 0.25) is 0 Å². The maximum Gasteiger partial charge on any atom is 0.181 e. The van der Waals surface area contributed by atoms with Gasteiger partial charge in [0.05, 0.1) is 11.8 Å². The molecule has 0 spiro atoms. The largest absolute Gasteiger partial charge is 0.382 e. The van der Waals surface area contributed by atoms with E-state index in [0.29, 0.717) is 17.9 Å². The average Bonchev–Trinajstić information content (AvgIpc) is 2.86. The van der Waals surface area contributed by atoms with Gasteiger partial charge in [0, 0.05) is 23.1 Å². The van der Waals surface area contributed by atoms with Crippen molar-refractivity contribution >= 4 is 27.5 Å². The molecule has 1 unspecified atom stereocenters. The Bertz CT molecular complexity index is 642. The Kier molecular flexibility index (Phi) is 4.61. The molecule has 1 heterocycles. The van der Waals surface area contributed by atoms with Gasteiger partial charge in [-0.05, 0) is 57.2 Å². The number of ether oxygens (including phenoxy) is 1. The van der Waals surface area contributed by atoms with Crippen molar-refractivity contribution in [2.45, 2.75) is 51.3 Å². The standard InChI is InChI=1S/C18H24BrN3O/c1-11-4-7-14(19)10-16(11)18(21-12(2)17(20)22-18)13-5-8-15(23-3)9-6-13/h4,7,10,13,15H,5-6,8-9H2,1-3H3,(H2,20,22). The lowest BCUT2D eigenvalue weighted by Gasteiger charge is -2.38. The van der Waals surface area contributed by atoms with Gasteiger partial charge >= 0.3 is 0 Å². The first-order valence-corrected chi connectivity index (χ1v) is 8.97. The second-order valence-corrected chi connectivity index (χ2v) is 7.50. The first kappa shape index (κ1) is 16.7. The molecule has 0 aromatic heterocycles. The predicted octanol–water partition coefficient (Wildman–Crippen LogP) is 3.95. The van der Waals surface area contributed by atoms with Gasteiger partial charge in [-0.1, -0.05) is 22.0 Å². The number of rotatable bonds is 3. The fraction of sp³-hybridized carbons (Fsp3) is 0.556. The van der Waals surface area contributed by atoms with E-state index in [1.165, 1.54) is 5.56 Å². The second kappa shape index (κ2) is 6.36.